The van der Waals surface area contributed by atoms with Crippen LogP contribution >= 0.6 is 0 Å². The molecule has 24 heavy (non-hydrogen) atoms. The Morgan fingerprint density at radius 1 is 1.29 bits per heavy atom. The van der Waals surface area contributed by atoms with Crippen LogP contribution in [-0.4, -0.2) is 33.6 Å². The molecule has 2 aromatic heterocycles. The topological polar surface area (TPSA) is 103 Å². The number of H-pyrrole nitrogens is 1. The minimum atomic E-state index is -0.366. The van der Waals surface area contributed by atoms with Gasteiger partial charge >= 0.3 is 0 Å². The zero-order chi connectivity index (χ0) is 17.6. The normalized spacial score (nSPS) is 11.0. The lowest BCUT2D eigenvalue weighted by molar-refractivity contribution is 0.0945. The van der Waals surface area contributed by atoms with Crippen LogP contribution in [0.3, 0.4) is 0 Å². The number of aromatic amines is 1. The summed E-state index contributed by atoms with van der Waals surface area (Å²) >= 11 is 0. The van der Waals surface area contributed by atoms with Crippen molar-refractivity contribution in [1.82, 2.24) is 14.8 Å². The number of rotatable bonds is 3. The molecule has 0 atom stereocenters. The number of hydrogen-bond donors (Lipinski definition) is 2. The third-order valence-electron chi connectivity index (χ3n) is 4.11. The van der Waals surface area contributed by atoms with E-state index in [-0.39, 0.29) is 17.5 Å². The van der Waals surface area contributed by atoms with Crippen LogP contribution in [0, 0.1) is 13.8 Å². The van der Waals surface area contributed by atoms with E-state index < -0.39 is 0 Å². The maximum Gasteiger partial charge on any atom is 0.295 e. The van der Waals surface area contributed by atoms with E-state index >= 15 is 0 Å². The summed E-state index contributed by atoms with van der Waals surface area (Å²) in [5.41, 5.74) is 8.65. The van der Waals surface area contributed by atoms with Gasteiger partial charge in [0.15, 0.2) is 11.6 Å². The van der Waals surface area contributed by atoms with Crippen molar-refractivity contribution in [2.45, 2.75) is 20.8 Å². The quantitative estimate of drug-likeness (QED) is 0.720. The van der Waals surface area contributed by atoms with Crippen LogP contribution in [0.15, 0.2) is 18.2 Å². The third-order valence-corrected chi connectivity index (χ3v) is 4.11. The molecule has 3 rings (SSSR count). The Morgan fingerprint density at radius 3 is 2.58 bits per heavy atom. The number of nitrogens with zero attached hydrogens (tertiary/aromatic N) is 2. The number of aromatic nitrogens is 3. The molecule has 124 valence electrons. The van der Waals surface area contributed by atoms with Crippen molar-refractivity contribution < 1.29 is 14.3 Å². The predicted octanol–water partition coefficient (Wildman–Crippen LogP) is 2.46. The zero-order valence-corrected chi connectivity index (χ0v) is 13.9. The molecule has 0 bridgehead atoms. The summed E-state index contributed by atoms with van der Waals surface area (Å²) in [5.74, 6) is 0.418. The molecule has 1 aromatic carbocycles. The molecule has 2 heterocycles. The fourth-order valence-electron chi connectivity index (χ4n) is 3.00. The van der Waals surface area contributed by atoms with Gasteiger partial charge in [-0.25, -0.2) is 0 Å². The summed E-state index contributed by atoms with van der Waals surface area (Å²) < 4.78 is 6.42. The van der Waals surface area contributed by atoms with Gasteiger partial charge in [-0.2, -0.15) is 4.68 Å². The summed E-state index contributed by atoms with van der Waals surface area (Å²) in [6.07, 6.45) is 0. The number of nitrogens with two attached hydrogens (primary N) is 1. The highest BCUT2D eigenvalue weighted by atomic mass is 16.5. The highest BCUT2D eigenvalue weighted by molar-refractivity contribution is 6.06. The third kappa shape index (κ3) is 2.25. The van der Waals surface area contributed by atoms with Gasteiger partial charge in [-0.1, -0.05) is 0 Å². The summed E-state index contributed by atoms with van der Waals surface area (Å²) in [5, 5.41) is 4.79. The molecule has 0 radical (unpaired) electrons. The van der Waals surface area contributed by atoms with Crippen molar-refractivity contribution in [2.24, 2.45) is 0 Å². The molecule has 0 aliphatic carbocycles. The van der Waals surface area contributed by atoms with Crippen LogP contribution in [-0.2, 0) is 0 Å². The SMILES string of the molecule is COc1ccc2c(c1)c(N)nn2C(=O)c1[nH]c(C)c(C(C)=O)c1C. The van der Waals surface area contributed by atoms with E-state index in [1.165, 1.54) is 11.6 Å². The average molecular weight is 326 g/mol. The minimum absolute atomic E-state index is 0.0881. The lowest BCUT2D eigenvalue weighted by Crippen LogP contribution is -2.15. The van der Waals surface area contributed by atoms with Crippen LogP contribution in [0.25, 0.3) is 10.9 Å². The number of methoxy groups -OCH3 is 1. The molecule has 0 aliphatic rings. The van der Waals surface area contributed by atoms with Gasteiger partial charge in [0.2, 0.25) is 0 Å². The fourth-order valence-corrected chi connectivity index (χ4v) is 3.00. The second kappa shape index (κ2) is 5.52. The zero-order valence-electron chi connectivity index (χ0n) is 13.9. The van der Waals surface area contributed by atoms with Crippen molar-refractivity contribution in [3.8, 4) is 5.75 Å². The molecule has 0 fully saturated rings. The van der Waals surface area contributed by atoms with Crippen molar-refractivity contribution in [3.05, 3.63) is 40.7 Å². The maximum atomic E-state index is 12.9. The Balaban J connectivity index is 2.17. The molecule has 3 aromatic rings. The summed E-state index contributed by atoms with van der Waals surface area (Å²) in [6, 6.07) is 5.20. The molecule has 3 N–H and O–H groups in total. The van der Waals surface area contributed by atoms with Gasteiger partial charge in [0.1, 0.15) is 11.4 Å². The number of ketones is 1. The summed E-state index contributed by atoms with van der Waals surface area (Å²) in [6.45, 7) is 4.98. The van der Waals surface area contributed by atoms with Gasteiger partial charge in [-0.05, 0) is 44.5 Å². The van der Waals surface area contributed by atoms with Gasteiger partial charge in [-0.3, -0.25) is 9.59 Å². The van der Waals surface area contributed by atoms with Gasteiger partial charge in [0.25, 0.3) is 5.91 Å². The molecule has 7 nitrogen and oxygen atoms in total. The minimum Gasteiger partial charge on any atom is -0.497 e. The largest absolute Gasteiger partial charge is 0.497 e. The number of ether oxygens (including phenoxy) is 1. The maximum absolute atomic E-state index is 12.9. The number of nitrogens with one attached hydrogen (secondary N) is 1. The Morgan fingerprint density at radius 2 is 2.00 bits per heavy atom. The van der Waals surface area contributed by atoms with Crippen LogP contribution < -0.4 is 10.5 Å². The standard InChI is InChI=1S/C17H18N4O3/c1-8-14(10(3)22)9(2)19-15(8)17(23)21-13-6-5-11(24-4)7-12(13)16(18)20-21/h5-7,19H,1-4H3,(H2,18,20). The van der Waals surface area contributed by atoms with E-state index in [0.29, 0.717) is 39.2 Å². The number of Topliss-reactive ketones (excluding diaryl/α,β-unsaturated/α-hetero) is 1. The Kier molecular flexibility index (Phi) is 3.63. The first kappa shape index (κ1) is 15.8. The van der Waals surface area contributed by atoms with Crippen molar-refractivity contribution in [1.29, 1.82) is 0 Å². The highest BCUT2D eigenvalue weighted by Gasteiger charge is 2.23. The van der Waals surface area contributed by atoms with Gasteiger partial charge < -0.3 is 15.5 Å². The first-order chi connectivity index (χ1) is 11.3. The number of aryl methyl sites for hydroxylation is 1. The fraction of sp³-hybridized carbons (Fsp3) is 0.235. The Hall–Kier alpha value is -3.09. The number of benzene rings is 1. The lowest BCUT2D eigenvalue weighted by Gasteiger charge is -2.03. The number of fused-ring (bicyclic) bond motifs is 1. The molecular weight excluding hydrogens is 308 g/mol. The Labute approximate surface area is 138 Å². The summed E-state index contributed by atoms with van der Waals surface area (Å²) in [7, 11) is 1.56. The van der Waals surface area contributed by atoms with Crippen molar-refractivity contribution >= 4 is 28.4 Å². The molecule has 7 heteroatoms. The average Bonchev–Trinajstić information content (AvgIpc) is 3.03. The van der Waals surface area contributed by atoms with Gasteiger partial charge in [0.05, 0.1) is 12.6 Å². The molecule has 0 spiro atoms. The van der Waals surface area contributed by atoms with E-state index in [0.717, 1.165) is 0 Å². The second-order valence-corrected chi connectivity index (χ2v) is 5.67. The van der Waals surface area contributed by atoms with Gasteiger partial charge in [-0.15, -0.1) is 5.10 Å². The summed E-state index contributed by atoms with van der Waals surface area (Å²) in [4.78, 5) is 27.7. The predicted molar refractivity (Wildman–Crippen MR) is 90.7 cm³/mol. The van der Waals surface area contributed by atoms with Crippen molar-refractivity contribution in [2.75, 3.05) is 12.8 Å². The number of nitrogen functional groups attached to an aromatic ring is 1. The van der Waals surface area contributed by atoms with Crippen LogP contribution in [0.2, 0.25) is 0 Å². The first-order valence-electron chi connectivity index (χ1n) is 7.42. The van der Waals surface area contributed by atoms with E-state index in [9.17, 15) is 9.59 Å². The Bertz CT molecular complexity index is 982. The monoisotopic (exact) mass is 326 g/mol. The number of hydrogen-bond acceptors (Lipinski definition) is 5. The van der Waals surface area contributed by atoms with Crippen LogP contribution in [0.4, 0.5) is 5.82 Å². The van der Waals surface area contributed by atoms with Gasteiger partial charge in [0, 0.05) is 16.6 Å². The van der Waals surface area contributed by atoms with E-state index in [2.05, 4.69) is 10.1 Å². The molecule has 0 unspecified atom stereocenters. The number of anilines is 1. The molecular formula is C17H18N4O3. The van der Waals surface area contributed by atoms with Crippen molar-refractivity contribution in [3.63, 3.8) is 0 Å². The van der Waals surface area contributed by atoms with Crippen LogP contribution in [0.1, 0.15) is 39.0 Å². The number of carbonyl (C=O) groups is 2. The molecule has 0 saturated carbocycles. The van der Waals surface area contributed by atoms with E-state index in [1.807, 2.05) is 0 Å². The van der Waals surface area contributed by atoms with Crippen LogP contribution in [0.5, 0.6) is 5.75 Å². The number of carbonyl (C=O) groups excluding carboxylic acids is 2. The van der Waals surface area contributed by atoms with E-state index in [4.69, 9.17) is 10.5 Å². The molecule has 0 amide bonds. The molecule has 0 saturated heterocycles. The lowest BCUT2D eigenvalue weighted by atomic mass is 10.1. The van der Waals surface area contributed by atoms with E-state index in [1.54, 1.807) is 39.2 Å². The highest BCUT2D eigenvalue weighted by Crippen LogP contribution is 2.27. The molecule has 0 aliphatic heterocycles. The smallest absolute Gasteiger partial charge is 0.295 e. The first-order valence-corrected chi connectivity index (χ1v) is 7.42. The second-order valence-electron chi connectivity index (χ2n) is 5.67.